The van der Waals surface area contributed by atoms with Gasteiger partial charge in [0.1, 0.15) is 5.60 Å². The molecule has 98 valence electrons. The molecule has 1 amide bonds. The SMILES string of the molecule is CC(C)(C)OC(=O)N1CCC(NC2COC2)C1. The number of carbonyl (C=O) groups is 1. The zero-order valence-electron chi connectivity index (χ0n) is 10.9. The van der Waals surface area contributed by atoms with Crippen molar-refractivity contribution in [3.8, 4) is 0 Å². The van der Waals surface area contributed by atoms with Crippen LogP contribution >= 0.6 is 0 Å². The molecule has 2 aliphatic rings. The quantitative estimate of drug-likeness (QED) is 0.784. The topological polar surface area (TPSA) is 50.8 Å². The lowest BCUT2D eigenvalue weighted by molar-refractivity contribution is -0.00986. The molecule has 2 fully saturated rings. The van der Waals surface area contributed by atoms with E-state index in [0.717, 1.165) is 32.7 Å². The summed E-state index contributed by atoms with van der Waals surface area (Å²) in [5.41, 5.74) is -0.412. The lowest BCUT2D eigenvalue weighted by atomic mass is 10.2. The molecule has 2 rings (SSSR count). The van der Waals surface area contributed by atoms with Crippen LogP contribution in [0.25, 0.3) is 0 Å². The highest BCUT2D eigenvalue weighted by Gasteiger charge is 2.31. The van der Waals surface area contributed by atoms with Crippen molar-refractivity contribution in [2.75, 3.05) is 26.3 Å². The number of likely N-dealkylation sites (tertiary alicyclic amines) is 1. The van der Waals surface area contributed by atoms with Gasteiger partial charge in [0.25, 0.3) is 0 Å². The smallest absolute Gasteiger partial charge is 0.410 e. The summed E-state index contributed by atoms with van der Waals surface area (Å²) in [5.74, 6) is 0. The summed E-state index contributed by atoms with van der Waals surface area (Å²) in [7, 11) is 0. The first-order valence-electron chi connectivity index (χ1n) is 6.26. The zero-order chi connectivity index (χ0) is 12.5. The van der Waals surface area contributed by atoms with Gasteiger partial charge < -0.3 is 19.7 Å². The Bertz CT molecular complexity index is 284. The number of hydrogen-bond donors (Lipinski definition) is 1. The average Bonchev–Trinajstić information content (AvgIpc) is 2.56. The number of carbonyl (C=O) groups excluding carboxylic acids is 1. The van der Waals surface area contributed by atoms with E-state index in [-0.39, 0.29) is 6.09 Å². The Morgan fingerprint density at radius 1 is 1.35 bits per heavy atom. The van der Waals surface area contributed by atoms with Gasteiger partial charge >= 0.3 is 6.09 Å². The molecule has 1 atom stereocenters. The molecule has 0 aliphatic carbocycles. The molecule has 2 heterocycles. The van der Waals surface area contributed by atoms with Gasteiger partial charge in [-0.2, -0.15) is 0 Å². The number of hydrogen-bond acceptors (Lipinski definition) is 4. The van der Waals surface area contributed by atoms with E-state index in [1.54, 1.807) is 4.90 Å². The monoisotopic (exact) mass is 242 g/mol. The summed E-state index contributed by atoms with van der Waals surface area (Å²) >= 11 is 0. The van der Waals surface area contributed by atoms with Crippen LogP contribution in [-0.4, -0.2) is 55.0 Å². The molecule has 5 nitrogen and oxygen atoms in total. The Labute approximate surface area is 102 Å². The lowest BCUT2D eigenvalue weighted by Gasteiger charge is -2.30. The molecular formula is C12H22N2O3. The van der Waals surface area contributed by atoms with Crippen molar-refractivity contribution < 1.29 is 14.3 Å². The highest BCUT2D eigenvalue weighted by atomic mass is 16.6. The number of amides is 1. The van der Waals surface area contributed by atoms with Gasteiger partial charge in [-0.25, -0.2) is 4.79 Å². The second-order valence-corrected chi connectivity index (χ2v) is 5.81. The molecule has 0 saturated carbocycles. The van der Waals surface area contributed by atoms with Gasteiger partial charge in [0.05, 0.1) is 19.3 Å². The van der Waals surface area contributed by atoms with Gasteiger partial charge in [0.2, 0.25) is 0 Å². The maximum atomic E-state index is 11.8. The largest absolute Gasteiger partial charge is 0.444 e. The summed E-state index contributed by atoms with van der Waals surface area (Å²) in [5, 5.41) is 3.49. The van der Waals surface area contributed by atoms with Gasteiger partial charge in [-0.05, 0) is 27.2 Å². The van der Waals surface area contributed by atoms with Gasteiger partial charge in [-0.1, -0.05) is 0 Å². The third kappa shape index (κ3) is 3.57. The third-order valence-corrected chi connectivity index (χ3v) is 2.95. The van der Waals surface area contributed by atoms with Gasteiger partial charge in [-0.3, -0.25) is 0 Å². The molecule has 2 aliphatic heterocycles. The van der Waals surface area contributed by atoms with Crippen LogP contribution in [0, 0.1) is 0 Å². The molecule has 0 aromatic rings. The van der Waals surface area contributed by atoms with E-state index in [1.165, 1.54) is 0 Å². The van der Waals surface area contributed by atoms with Crippen LogP contribution in [0.1, 0.15) is 27.2 Å². The summed E-state index contributed by atoms with van der Waals surface area (Å²) in [6.45, 7) is 8.78. The normalized spacial score (nSPS) is 25.8. The molecule has 0 radical (unpaired) electrons. The molecule has 0 aromatic carbocycles. The third-order valence-electron chi connectivity index (χ3n) is 2.95. The fourth-order valence-electron chi connectivity index (χ4n) is 2.05. The lowest BCUT2D eigenvalue weighted by Crippen LogP contribution is -2.51. The Kier molecular flexibility index (Phi) is 3.58. The first-order valence-corrected chi connectivity index (χ1v) is 6.26. The minimum Gasteiger partial charge on any atom is -0.444 e. The van der Waals surface area contributed by atoms with E-state index in [9.17, 15) is 4.79 Å². The summed E-state index contributed by atoms with van der Waals surface area (Å²) in [4.78, 5) is 13.6. The second-order valence-electron chi connectivity index (χ2n) is 5.81. The Morgan fingerprint density at radius 2 is 2.06 bits per heavy atom. The predicted octanol–water partition coefficient (Wildman–Crippen LogP) is 0.984. The fourth-order valence-corrected chi connectivity index (χ4v) is 2.05. The molecule has 5 heteroatoms. The maximum absolute atomic E-state index is 11.8. The standard InChI is InChI=1S/C12H22N2O3/c1-12(2,3)17-11(15)14-5-4-9(6-14)13-10-7-16-8-10/h9-10,13H,4-8H2,1-3H3. The van der Waals surface area contributed by atoms with E-state index in [0.29, 0.717) is 12.1 Å². The van der Waals surface area contributed by atoms with Crippen LogP contribution in [0.2, 0.25) is 0 Å². The molecule has 1 unspecified atom stereocenters. The van der Waals surface area contributed by atoms with Crippen molar-refractivity contribution in [3.05, 3.63) is 0 Å². The number of nitrogens with one attached hydrogen (secondary N) is 1. The van der Waals surface area contributed by atoms with Crippen LogP contribution in [0.3, 0.4) is 0 Å². The first kappa shape index (κ1) is 12.6. The number of rotatable bonds is 2. The van der Waals surface area contributed by atoms with E-state index in [4.69, 9.17) is 9.47 Å². The first-order chi connectivity index (χ1) is 7.94. The molecule has 17 heavy (non-hydrogen) atoms. The molecular weight excluding hydrogens is 220 g/mol. The van der Waals surface area contributed by atoms with E-state index in [1.807, 2.05) is 20.8 Å². The van der Waals surface area contributed by atoms with E-state index >= 15 is 0 Å². The summed E-state index contributed by atoms with van der Waals surface area (Å²) in [6.07, 6.45) is 0.794. The highest BCUT2D eigenvalue weighted by molar-refractivity contribution is 5.68. The van der Waals surface area contributed by atoms with Crippen molar-refractivity contribution in [1.82, 2.24) is 10.2 Å². The molecule has 2 saturated heterocycles. The van der Waals surface area contributed by atoms with Crippen molar-refractivity contribution in [2.24, 2.45) is 0 Å². The average molecular weight is 242 g/mol. The Morgan fingerprint density at radius 3 is 2.59 bits per heavy atom. The summed E-state index contributed by atoms with van der Waals surface area (Å²) < 4.78 is 10.5. The minimum absolute atomic E-state index is 0.202. The summed E-state index contributed by atoms with van der Waals surface area (Å²) in [6, 6.07) is 0.856. The van der Waals surface area contributed by atoms with Crippen molar-refractivity contribution >= 4 is 6.09 Å². The van der Waals surface area contributed by atoms with Crippen LogP contribution in [-0.2, 0) is 9.47 Å². The van der Waals surface area contributed by atoms with Gasteiger partial charge in [0, 0.05) is 19.1 Å². The van der Waals surface area contributed by atoms with Crippen molar-refractivity contribution in [3.63, 3.8) is 0 Å². The van der Waals surface area contributed by atoms with Crippen LogP contribution in [0.15, 0.2) is 0 Å². The van der Waals surface area contributed by atoms with Crippen LogP contribution in [0.4, 0.5) is 4.79 Å². The van der Waals surface area contributed by atoms with E-state index < -0.39 is 5.60 Å². The number of ether oxygens (including phenoxy) is 2. The van der Waals surface area contributed by atoms with Crippen LogP contribution in [0.5, 0.6) is 0 Å². The van der Waals surface area contributed by atoms with E-state index in [2.05, 4.69) is 5.32 Å². The Balaban J connectivity index is 1.74. The second kappa shape index (κ2) is 4.82. The van der Waals surface area contributed by atoms with Crippen LogP contribution < -0.4 is 5.32 Å². The van der Waals surface area contributed by atoms with Crippen molar-refractivity contribution in [2.45, 2.75) is 44.9 Å². The maximum Gasteiger partial charge on any atom is 0.410 e. The highest BCUT2D eigenvalue weighted by Crippen LogP contribution is 2.16. The Hall–Kier alpha value is -0.810. The van der Waals surface area contributed by atoms with Gasteiger partial charge in [0.15, 0.2) is 0 Å². The molecule has 0 aromatic heterocycles. The molecule has 0 spiro atoms. The number of nitrogens with zero attached hydrogens (tertiary/aromatic N) is 1. The van der Waals surface area contributed by atoms with Gasteiger partial charge in [-0.15, -0.1) is 0 Å². The van der Waals surface area contributed by atoms with Crippen molar-refractivity contribution in [1.29, 1.82) is 0 Å². The predicted molar refractivity (Wildman–Crippen MR) is 64.0 cm³/mol. The zero-order valence-corrected chi connectivity index (χ0v) is 10.9. The molecule has 1 N–H and O–H groups in total. The molecule has 0 bridgehead atoms. The fraction of sp³-hybridized carbons (Fsp3) is 0.917. The minimum atomic E-state index is -0.412.